The van der Waals surface area contributed by atoms with Crippen molar-refractivity contribution in [3.8, 4) is 0 Å². The minimum Gasteiger partial charge on any atom is -0.393 e. The van der Waals surface area contributed by atoms with Gasteiger partial charge in [0.25, 0.3) is 6.43 Å². The van der Waals surface area contributed by atoms with E-state index in [0.29, 0.717) is 0 Å². The molecule has 1 heterocycles. The van der Waals surface area contributed by atoms with E-state index >= 15 is 0 Å². The molecule has 0 saturated heterocycles. The van der Waals surface area contributed by atoms with Crippen molar-refractivity contribution in [3.05, 3.63) is 27.6 Å². The molecule has 2 N–H and O–H groups in total. The standard InChI is InChI=1S/C7H6BrF2N3O2/c8-1-4-6(13(14)15)5(11)3(2-12-4)7(9)10/h2,7H,1H2,(H2,11,12). The van der Waals surface area contributed by atoms with Gasteiger partial charge in [-0.15, -0.1) is 0 Å². The molecule has 8 heteroatoms. The van der Waals surface area contributed by atoms with Crippen molar-refractivity contribution in [1.29, 1.82) is 0 Å². The third-order valence-electron chi connectivity index (χ3n) is 1.74. The molecule has 0 amide bonds. The molecule has 1 aromatic heterocycles. The molecule has 1 rings (SSSR count). The van der Waals surface area contributed by atoms with Crippen molar-refractivity contribution in [2.75, 3.05) is 5.73 Å². The molecule has 0 atom stereocenters. The predicted molar refractivity (Wildman–Crippen MR) is 52.9 cm³/mol. The molecule has 0 spiro atoms. The predicted octanol–water partition coefficient (Wildman–Crippen LogP) is 2.40. The molecule has 1 aromatic rings. The average molecular weight is 282 g/mol. The summed E-state index contributed by atoms with van der Waals surface area (Å²) in [5.74, 6) is 0. The van der Waals surface area contributed by atoms with Crippen LogP contribution in [-0.2, 0) is 5.33 Å². The molecular formula is C7H6BrF2N3O2. The maximum Gasteiger partial charge on any atom is 0.314 e. The number of alkyl halides is 3. The monoisotopic (exact) mass is 281 g/mol. The maximum atomic E-state index is 12.4. The fraction of sp³-hybridized carbons (Fsp3) is 0.286. The Balaban J connectivity index is 3.42. The molecule has 0 aliphatic carbocycles. The summed E-state index contributed by atoms with van der Waals surface area (Å²) in [7, 11) is 0. The molecular weight excluding hydrogens is 276 g/mol. The number of hydrogen-bond acceptors (Lipinski definition) is 4. The van der Waals surface area contributed by atoms with Gasteiger partial charge in [0.05, 0.1) is 15.8 Å². The molecule has 5 nitrogen and oxygen atoms in total. The van der Waals surface area contributed by atoms with Crippen LogP contribution in [0.4, 0.5) is 20.2 Å². The van der Waals surface area contributed by atoms with Crippen LogP contribution >= 0.6 is 15.9 Å². The highest BCUT2D eigenvalue weighted by molar-refractivity contribution is 9.08. The second-order valence-electron chi connectivity index (χ2n) is 2.61. The van der Waals surface area contributed by atoms with Crippen molar-refractivity contribution in [1.82, 2.24) is 4.98 Å². The summed E-state index contributed by atoms with van der Waals surface area (Å²) in [5.41, 5.74) is 3.60. The summed E-state index contributed by atoms with van der Waals surface area (Å²) in [4.78, 5) is 13.3. The zero-order valence-corrected chi connectivity index (χ0v) is 8.87. The van der Waals surface area contributed by atoms with Crippen molar-refractivity contribution < 1.29 is 13.7 Å². The van der Waals surface area contributed by atoms with E-state index in [4.69, 9.17) is 5.73 Å². The Hall–Kier alpha value is -1.31. The number of hydrogen-bond donors (Lipinski definition) is 1. The summed E-state index contributed by atoms with van der Waals surface area (Å²) in [6, 6.07) is 0. The van der Waals surface area contributed by atoms with Gasteiger partial charge in [0, 0.05) is 6.20 Å². The Morgan fingerprint density at radius 2 is 2.27 bits per heavy atom. The van der Waals surface area contributed by atoms with E-state index in [0.717, 1.165) is 6.20 Å². The highest BCUT2D eigenvalue weighted by atomic mass is 79.9. The van der Waals surface area contributed by atoms with E-state index in [1.807, 2.05) is 0 Å². The van der Waals surface area contributed by atoms with Crippen LogP contribution in [0.3, 0.4) is 0 Å². The van der Waals surface area contributed by atoms with Gasteiger partial charge in [-0.25, -0.2) is 8.78 Å². The third-order valence-corrected chi connectivity index (χ3v) is 2.27. The van der Waals surface area contributed by atoms with E-state index < -0.39 is 28.3 Å². The van der Waals surface area contributed by atoms with Gasteiger partial charge in [-0.05, 0) is 0 Å². The number of nitro groups is 1. The van der Waals surface area contributed by atoms with Gasteiger partial charge in [0.2, 0.25) is 0 Å². The number of rotatable bonds is 3. The third kappa shape index (κ3) is 2.20. The second kappa shape index (κ2) is 4.47. The van der Waals surface area contributed by atoms with Gasteiger partial charge in [0.1, 0.15) is 11.4 Å². The number of aromatic nitrogens is 1. The first kappa shape index (κ1) is 11.8. The Kier molecular flexibility index (Phi) is 3.51. The van der Waals surface area contributed by atoms with E-state index in [-0.39, 0.29) is 11.0 Å². The lowest BCUT2D eigenvalue weighted by Gasteiger charge is -2.06. The van der Waals surface area contributed by atoms with Crippen LogP contribution in [0.2, 0.25) is 0 Å². The quantitative estimate of drug-likeness (QED) is 0.524. The molecule has 0 saturated carbocycles. The topological polar surface area (TPSA) is 82.0 Å². The van der Waals surface area contributed by atoms with Crippen LogP contribution in [0.1, 0.15) is 17.7 Å². The molecule has 0 aromatic carbocycles. The number of halogens is 3. The van der Waals surface area contributed by atoms with Gasteiger partial charge in [-0.1, -0.05) is 15.9 Å². The first-order valence-corrected chi connectivity index (χ1v) is 4.87. The molecule has 15 heavy (non-hydrogen) atoms. The summed E-state index contributed by atoms with van der Waals surface area (Å²) >= 11 is 2.96. The average Bonchev–Trinajstić information content (AvgIpc) is 2.15. The summed E-state index contributed by atoms with van der Waals surface area (Å²) < 4.78 is 24.7. The summed E-state index contributed by atoms with van der Waals surface area (Å²) in [6.07, 6.45) is -2.02. The fourth-order valence-electron chi connectivity index (χ4n) is 1.05. The lowest BCUT2D eigenvalue weighted by atomic mass is 10.2. The number of nitrogens with two attached hydrogens (primary N) is 1. The van der Waals surface area contributed by atoms with Crippen molar-refractivity contribution >= 4 is 27.3 Å². The Morgan fingerprint density at radius 1 is 1.67 bits per heavy atom. The largest absolute Gasteiger partial charge is 0.393 e. The molecule has 0 radical (unpaired) electrons. The number of nitrogen functional groups attached to an aromatic ring is 1. The van der Waals surface area contributed by atoms with Gasteiger partial charge in [-0.2, -0.15) is 0 Å². The first-order valence-electron chi connectivity index (χ1n) is 3.74. The van der Waals surface area contributed by atoms with Crippen LogP contribution in [0.15, 0.2) is 6.20 Å². The zero-order valence-electron chi connectivity index (χ0n) is 7.28. The van der Waals surface area contributed by atoms with E-state index in [1.54, 1.807) is 0 Å². The Labute approximate surface area is 91.6 Å². The van der Waals surface area contributed by atoms with Crippen molar-refractivity contribution in [3.63, 3.8) is 0 Å². The van der Waals surface area contributed by atoms with Crippen LogP contribution in [0.25, 0.3) is 0 Å². The minimum atomic E-state index is -2.87. The molecule has 0 fully saturated rings. The minimum absolute atomic E-state index is 0.0295. The van der Waals surface area contributed by atoms with E-state index in [9.17, 15) is 18.9 Å². The number of nitrogens with zero attached hydrogens (tertiary/aromatic N) is 2. The van der Waals surface area contributed by atoms with Gasteiger partial charge < -0.3 is 5.73 Å². The SMILES string of the molecule is Nc1c(C(F)F)cnc(CBr)c1[N+](=O)[O-]. The van der Waals surface area contributed by atoms with E-state index in [1.165, 1.54) is 0 Å². The smallest absolute Gasteiger partial charge is 0.314 e. The van der Waals surface area contributed by atoms with Crippen molar-refractivity contribution in [2.24, 2.45) is 0 Å². The highest BCUT2D eigenvalue weighted by Gasteiger charge is 2.25. The van der Waals surface area contributed by atoms with E-state index in [2.05, 4.69) is 20.9 Å². The molecule has 0 aliphatic heterocycles. The van der Waals surface area contributed by atoms with Gasteiger partial charge in [-0.3, -0.25) is 15.1 Å². The Morgan fingerprint density at radius 3 is 2.67 bits per heavy atom. The number of pyridine rings is 1. The molecule has 0 aliphatic rings. The van der Waals surface area contributed by atoms with Crippen LogP contribution < -0.4 is 5.73 Å². The highest BCUT2D eigenvalue weighted by Crippen LogP contribution is 2.34. The van der Waals surface area contributed by atoms with Crippen LogP contribution in [0, 0.1) is 10.1 Å². The van der Waals surface area contributed by atoms with Crippen LogP contribution in [-0.4, -0.2) is 9.91 Å². The van der Waals surface area contributed by atoms with Crippen LogP contribution in [0.5, 0.6) is 0 Å². The normalized spacial score (nSPS) is 10.7. The van der Waals surface area contributed by atoms with Gasteiger partial charge >= 0.3 is 5.69 Å². The fourth-order valence-corrected chi connectivity index (χ4v) is 1.46. The second-order valence-corrected chi connectivity index (χ2v) is 3.17. The van der Waals surface area contributed by atoms with Crippen molar-refractivity contribution in [2.45, 2.75) is 11.8 Å². The lowest BCUT2D eigenvalue weighted by Crippen LogP contribution is -2.05. The Bertz CT molecular complexity index is 400. The molecule has 0 bridgehead atoms. The molecule has 0 unspecified atom stereocenters. The van der Waals surface area contributed by atoms with Gasteiger partial charge in [0.15, 0.2) is 0 Å². The summed E-state index contributed by atoms with van der Waals surface area (Å²) in [6.45, 7) is 0. The lowest BCUT2D eigenvalue weighted by molar-refractivity contribution is -0.384. The summed E-state index contributed by atoms with van der Waals surface area (Å²) in [5, 5.41) is 10.7. The number of anilines is 1. The maximum absolute atomic E-state index is 12.4. The zero-order chi connectivity index (χ0) is 11.6. The molecule has 82 valence electrons. The first-order chi connectivity index (χ1) is 6.99.